The number of aryl methyl sites for hydroxylation is 1. The maximum atomic E-state index is 12.5. The van der Waals surface area contributed by atoms with Crippen LogP contribution in [0.5, 0.6) is 0 Å². The molecule has 128 valence electrons. The number of carbonyl (C=O) groups is 2. The van der Waals surface area contributed by atoms with Crippen LogP contribution < -0.4 is 0 Å². The molecular weight excluding hydrogens is 326 g/mol. The van der Waals surface area contributed by atoms with Gasteiger partial charge in [0.05, 0.1) is 25.7 Å². The molecule has 24 heavy (non-hydrogen) atoms. The number of benzene rings is 1. The van der Waals surface area contributed by atoms with Crippen molar-refractivity contribution >= 4 is 33.3 Å². The van der Waals surface area contributed by atoms with Crippen LogP contribution in [0.15, 0.2) is 29.6 Å². The highest BCUT2D eigenvalue weighted by Crippen LogP contribution is 2.27. The summed E-state index contributed by atoms with van der Waals surface area (Å²) in [4.78, 5) is 25.1. The molecule has 1 atom stereocenters. The average Bonchev–Trinajstić information content (AvgIpc) is 2.98. The summed E-state index contributed by atoms with van der Waals surface area (Å²) in [5.74, 6) is -0.864. The van der Waals surface area contributed by atoms with Gasteiger partial charge in [-0.2, -0.15) is 0 Å². The minimum absolute atomic E-state index is 0.0316. The van der Waals surface area contributed by atoms with Gasteiger partial charge in [-0.3, -0.25) is 9.59 Å². The summed E-state index contributed by atoms with van der Waals surface area (Å²) in [6, 6.07) is 7.96. The van der Waals surface area contributed by atoms with E-state index < -0.39 is 5.97 Å². The maximum absolute atomic E-state index is 12.5. The van der Waals surface area contributed by atoms with Gasteiger partial charge in [-0.25, -0.2) is 0 Å². The fraction of sp³-hybridized carbons (Fsp3) is 0.444. The molecule has 1 aromatic carbocycles. The van der Waals surface area contributed by atoms with E-state index in [1.165, 1.54) is 15.6 Å². The first-order valence-corrected chi connectivity index (χ1v) is 9.07. The van der Waals surface area contributed by atoms with E-state index >= 15 is 0 Å². The van der Waals surface area contributed by atoms with Crippen LogP contribution in [0.4, 0.5) is 0 Å². The molecule has 1 aromatic heterocycles. The normalized spacial score (nSPS) is 18.0. The molecule has 0 radical (unpaired) electrons. The standard InChI is InChI=1S/C18H21NO4S/c20-17(19-8-9-23-11-14(19)10-18(21)22)7-3-4-13-12-24-16-6-2-1-5-15(13)16/h1-2,5-6,12,14H,3-4,7-11H2,(H,21,22). The number of aliphatic carboxylic acids is 1. The summed E-state index contributed by atoms with van der Waals surface area (Å²) in [6.07, 6.45) is 2.03. The van der Waals surface area contributed by atoms with E-state index in [1.807, 2.05) is 12.1 Å². The zero-order chi connectivity index (χ0) is 16.9. The molecule has 0 saturated carbocycles. The number of hydrogen-bond donors (Lipinski definition) is 1. The fourth-order valence-corrected chi connectivity index (χ4v) is 4.15. The molecule has 1 aliphatic heterocycles. The lowest BCUT2D eigenvalue weighted by atomic mass is 10.1. The van der Waals surface area contributed by atoms with Gasteiger partial charge in [0, 0.05) is 17.7 Å². The fourth-order valence-electron chi connectivity index (χ4n) is 3.15. The third kappa shape index (κ3) is 3.94. The van der Waals surface area contributed by atoms with E-state index in [0.29, 0.717) is 26.2 Å². The Morgan fingerprint density at radius 1 is 1.33 bits per heavy atom. The van der Waals surface area contributed by atoms with E-state index in [9.17, 15) is 9.59 Å². The van der Waals surface area contributed by atoms with Crippen molar-refractivity contribution in [3.8, 4) is 0 Å². The molecule has 1 aliphatic rings. The number of carbonyl (C=O) groups excluding carboxylic acids is 1. The van der Waals surface area contributed by atoms with E-state index in [4.69, 9.17) is 9.84 Å². The molecule has 6 heteroatoms. The first-order chi connectivity index (χ1) is 11.6. The van der Waals surface area contributed by atoms with Crippen molar-refractivity contribution in [2.45, 2.75) is 31.7 Å². The monoisotopic (exact) mass is 347 g/mol. The van der Waals surface area contributed by atoms with Crippen molar-refractivity contribution in [3.05, 3.63) is 35.2 Å². The highest BCUT2D eigenvalue weighted by atomic mass is 32.1. The Morgan fingerprint density at radius 3 is 3.00 bits per heavy atom. The molecule has 1 amide bonds. The lowest BCUT2D eigenvalue weighted by Crippen LogP contribution is -2.49. The van der Waals surface area contributed by atoms with Crippen LogP contribution in [-0.4, -0.2) is 47.7 Å². The molecule has 2 heterocycles. The molecule has 1 N–H and O–H groups in total. The van der Waals surface area contributed by atoms with Gasteiger partial charge in [-0.15, -0.1) is 11.3 Å². The summed E-state index contributed by atoms with van der Waals surface area (Å²) < 4.78 is 6.59. The van der Waals surface area contributed by atoms with Crippen LogP contribution in [0.1, 0.15) is 24.8 Å². The number of ether oxygens (including phenoxy) is 1. The summed E-state index contributed by atoms with van der Waals surface area (Å²) in [5.41, 5.74) is 1.28. The van der Waals surface area contributed by atoms with E-state index in [-0.39, 0.29) is 18.4 Å². The zero-order valence-corrected chi connectivity index (χ0v) is 14.3. The quantitative estimate of drug-likeness (QED) is 0.872. The van der Waals surface area contributed by atoms with Crippen molar-refractivity contribution < 1.29 is 19.4 Å². The lowest BCUT2D eigenvalue weighted by Gasteiger charge is -2.35. The number of amides is 1. The van der Waals surface area contributed by atoms with Crippen molar-refractivity contribution in [2.75, 3.05) is 19.8 Å². The number of morpholine rings is 1. The predicted molar refractivity (Wildman–Crippen MR) is 93.3 cm³/mol. The van der Waals surface area contributed by atoms with E-state index in [2.05, 4.69) is 17.5 Å². The Morgan fingerprint density at radius 2 is 2.17 bits per heavy atom. The molecular formula is C18H21NO4S. The number of rotatable bonds is 6. The van der Waals surface area contributed by atoms with Gasteiger partial charge in [0.15, 0.2) is 0 Å². The number of hydrogen-bond acceptors (Lipinski definition) is 4. The highest BCUT2D eigenvalue weighted by molar-refractivity contribution is 7.17. The van der Waals surface area contributed by atoms with Crippen molar-refractivity contribution in [2.24, 2.45) is 0 Å². The molecule has 2 aromatic rings. The molecule has 0 aliphatic carbocycles. The summed E-state index contributed by atoms with van der Waals surface area (Å²) in [5, 5.41) is 12.4. The molecule has 1 fully saturated rings. The van der Waals surface area contributed by atoms with Crippen LogP contribution >= 0.6 is 11.3 Å². The Hall–Kier alpha value is -1.92. The SMILES string of the molecule is O=C(O)CC1COCCN1C(=O)CCCc1csc2ccccc12. The van der Waals surface area contributed by atoms with Crippen molar-refractivity contribution in [1.82, 2.24) is 4.90 Å². The second-order valence-corrected chi connectivity index (χ2v) is 6.94. The second-order valence-electron chi connectivity index (χ2n) is 6.02. The van der Waals surface area contributed by atoms with Crippen molar-refractivity contribution in [3.63, 3.8) is 0 Å². The van der Waals surface area contributed by atoms with Crippen molar-refractivity contribution in [1.29, 1.82) is 0 Å². The smallest absolute Gasteiger partial charge is 0.305 e. The Labute approximate surface area is 144 Å². The van der Waals surface area contributed by atoms with Gasteiger partial charge in [-0.05, 0) is 35.2 Å². The van der Waals surface area contributed by atoms with Gasteiger partial charge >= 0.3 is 5.97 Å². The number of carboxylic acids is 1. The van der Waals surface area contributed by atoms with Crippen LogP contribution in [0.2, 0.25) is 0 Å². The molecule has 0 bridgehead atoms. The molecule has 1 saturated heterocycles. The van der Waals surface area contributed by atoms with Gasteiger partial charge < -0.3 is 14.7 Å². The summed E-state index contributed by atoms with van der Waals surface area (Å²) >= 11 is 1.73. The summed E-state index contributed by atoms with van der Waals surface area (Å²) in [7, 11) is 0. The second kappa shape index (κ2) is 7.77. The molecule has 5 nitrogen and oxygen atoms in total. The zero-order valence-electron chi connectivity index (χ0n) is 13.4. The number of nitrogens with zero attached hydrogens (tertiary/aromatic N) is 1. The van der Waals surface area contributed by atoms with Gasteiger partial charge in [0.2, 0.25) is 5.91 Å². The van der Waals surface area contributed by atoms with E-state index in [0.717, 1.165) is 12.8 Å². The largest absolute Gasteiger partial charge is 0.481 e. The molecule has 0 spiro atoms. The number of thiophene rings is 1. The molecule has 3 rings (SSSR count). The van der Waals surface area contributed by atoms with Crippen LogP contribution in [0.3, 0.4) is 0 Å². The lowest BCUT2D eigenvalue weighted by molar-refractivity contribution is -0.146. The molecule has 1 unspecified atom stereocenters. The third-order valence-corrected chi connectivity index (χ3v) is 5.37. The first-order valence-electron chi connectivity index (χ1n) is 8.19. The Bertz CT molecular complexity index is 727. The summed E-state index contributed by atoms with van der Waals surface area (Å²) in [6.45, 7) is 1.28. The number of fused-ring (bicyclic) bond motifs is 1. The highest BCUT2D eigenvalue weighted by Gasteiger charge is 2.28. The minimum atomic E-state index is -0.895. The first kappa shape index (κ1) is 16.9. The topological polar surface area (TPSA) is 66.8 Å². The average molecular weight is 347 g/mol. The maximum Gasteiger partial charge on any atom is 0.305 e. The Balaban J connectivity index is 1.55. The van der Waals surface area contributed by atoms with Crippen LogP contribution in [-0.2, 0) is 20.7 Å². The Kier molecular flexibility index (Phi) is 5.48. The number of carboxylic acid groups (broad SMARTS) is 1. The van der Waals surface area contributed by atoms with Gasteiger partial charge in [-0.1, -0.05) is 18.2 Å². The van der Waals surface area contributed by atoms with Crippen LogP contribution in [0.25, 0.3) is 10.1 Å². The third-order valence-electron chi connectivity index (χ3n) is 4.36. The van der Waals surface area contributed by atoms with Gasteiger partial charge in [0.25, 0.3) is 0 Å². The van der Waals surface area contributed by atoms with E-state index in [1.54, 1.807) is 16.2 Å². The van der Waals surface area contributed by atoms with Crippen LogP contribution in [0, 0.1) is 0 Å². The van der Waals surface area contributed by atoms with Gasteiger partial charge in [0.1, 0.15) is 0 Å². The predicted octanol–water partition coefficient (Wildman–Crippen LogP) is 2.93. The minimum Gasteiger partial charge on any atom is -0.481 e.